The zero-order valence-corrected chi connectivity index (χ0v) is 20.5. The van der Waals surface area contributed by atoms with Crippen LogP contribution in [-0.4, -0.2) is 41.0 Å². The van der Waals surface area contributed by atoms with Crippen molar-refractivity contribution in [1.82, 2.24) is 4.98 Å². The molecule has 1 unspecified atom stereocenters. The number of esters is 1. The minimum Gasteiger partial charge on any atom is -0.507 e. The third-order valence-electron chi connectivity index (χ3n) is 5.62. The monoisotopic (exact) mass is 506 g/mol. The average molecular weight is 507 g/mol. The van der Waals surface area contributed by atoms with Gasteiger partial charge in [-0.3, -0.25) is 19.5 Å². The highest BCUT2D eigenvalue weighted by Gasteiger charge is 2.47. The van der Waals surface area contributed by atoms with Crippen LogP contribution in [0.25, 0.3) is 5.76 Å². The lowest BCUT2D eigenvalue weighted by atomic mass is 9.95. The first-order chi connectivity index (χ1) is 17.2. The summed E-state index contributed by atoms with van der Waals surface area (Å²) in [6.07, 6.45) is 2.77. The van der Waals surface area contributed by atoms with Gasteiger partial charge in [-0.25, -0.2) is 4.79 Å². The number of hydrogen-bond acceptors (Lipinski definition) is 7. The molecule has 0 aliphatic carbocycles. The number of ether oxygens (including phenoxy) is 2. The Bertz CT molecular complexity index is 1350. The number of nitrogens with zero attached hydrogens (tertiary/aromatic N) is 2. The molecule has 184 valence electrons. The van der Waals surface area contributed by atoms with Crippen LogP contribution in [0.3, 0.4) is 0 Å². The first-order valence-electron chi connectivity index (χ1n) is 11.1. The second-order valence-corrected chi connectivity index (χ2v) is 8.70. The topological polar surface area (TPSA) is 106 Å². The minimum absolute atomic E-state index is 0.135. The molecule has 1 fully saturated rings. The maximum absolute atomic E-state index is 13.3. The highest BCUT2D eigenvalue weighted by Crippen LogP contribution is 2.43. The molecule has 0 bridgehead atoms. The van der Waals surface area contributed by atoms with Gasteiger partial charge in [-0.2, -0.15) is 0 Å². The summed E-state index contributed by atoms with van der Waals surface area (Å²) in [6.45, 7) is 3.49. The number of methoxy groups -OCH3 is 1. The molecule has 0 spiro atoms. The quantitative estimate of drug-likeness (QED) is 0.218. The number of hydrogen-bond donors (Lipinski definition) is 1. The number of aliphatic hydroxyl groups excluding tert-OH is 1. The fraction of sp³-hybridized carbons (Fsp3) is 0.185. The third kappa shape index (κ3) is 4.67. The molecule has 1 aromatic heterocycles. The van der Waals surface area contributed by atoms with Crippen LogP contribution in [0.5, 0.6) is 5.75 Å². The lowest BCUT2D eigenvalue weighted by Crippen LogP contribution is -2.29. The molecular formula is C27H23ClN2O6. The Balaban J connectivity index is 1.85. The van der Waals surface area contributed by atoms with Crippen LogP contribution < -0.4 is 9.64 Å². The minimum atomic E-state index is -0.969. The van der Waals surface area contributed by atoms with Crippen molar-refractivity contribution in [2.45, 2.75) is 26.0 Å². The zero-order chi connectivity index (χ0) is 26.0. The summed E-state index contributed by atoms with van der Waals surface area (Å²) in [7, 11) is 1.46. The molecule has 9 heteroatoms. The molecular weight excluding hydrogens is 484 g/mol. The first kappa shape index (κ1) is 24.9. The van der Waals surface area contributed by atoms with Gasteiger partial charge in [0.2, 0.25) is 0 Å². The van der Waals surface area contributed by atoms with E-state index in [1.807, 2.05) is 0 Å². The van der Waals surface area contributed by atoms with E-state index in [-0.39, 0.29) is 22.3 Å². The van der Waals surface area contributed by atoms with Crippen molar-refractivity contribution in [3.05, 3.63) is 94.3 Å². The number of amides is 1. The lowest BCUT2D eigenvalue weighted by molar-refractivity contribution is -0.132. The Morgan fingerprint density at radius 1 is 1.06 bits per heavy atom. The Labute approximate surface area is 212 Å². The number of rotatable bonds is 6. The van der Waals surface area contributed by atoms with Crippen LogP contribution in [0, 0.1) is 0 Å². The molecule has 4 rings (SSSR count). The summed E-state index contributed by atoms with van der Waals surface area (Å²) in [5, 5.41) is 11.5. The number of anilines is 1. The van der Waals surface area contributed by atoms with E-state index in [1.165, 1.54) is 48.7 Å². The predicted molar refractivity (Wildman–Crippen MR) is 134 cm³/mol. The van der Waals surface area contributed by atoms with E-state index in [4.69, 9.17) is 21.1 Å². The van der Waals surface area contributed by atoms with Crippen molar-refractivity contribution in [2.24, 2.45) is 0 Å². The molecule has 0 saturated carbocycles. The van der Waals surface area contributed by atoms with Crippen molar-refractivity contribution < 1.29 is 29.0 Å². The second-order valence-electron chi connectivity index (χ2n) is 8.30. The SMILES string of the molecule is COc1ccc(Cl)c(/C(O)=C2\C(=O)C(=O)N(c3ccc(C(=O)OC(C)C)cc3)C2c2ccncc2)c1. The highest BCUT2D eigenvalue weighted by molar-refractivity contribution is 6.52. The van der Waals surface area contributed by atoms with Gasteiger partial charge in [-0.05, 0) is 74.0 Å². The Morgan fingerprint density at radius 3 is 2.33 bits per heavy atom. The average Bonchev–Trinajstić information content (AvgIpc) is 3.14. The fourth-order valence-electron chi connectivity index (χ4n) is 3.96. The van der Waals surface area contributed by atoms with Gasteiger partial charge >= 0.3 is 5.97 Å². The fourth-order valence-corrected chi connectivity index (χ4v) is 4.17. The molecule has 1 aliphatic rings. The summed E-state index contributed by atoms with van der Waals surface area (Å²) in [6, 6.07) is 13.1. The van der Waals surface area contributed by atoms with Gasteiger partial charge in [-0.1, -0.05) is 11.6 Å². The van der Waals surface area contributed by atoms with E-state index in [9.17, 15) is 19.5 Å². The summed E-state index contributed by atoms with van der Waals surface area (Å²) in [4.78, 5) is 44.1. The van der Waals surface area contributed by atoms with Crippen LogP contribution in [0.4, 0.5) is 5.69 Å². The van der Waals surface area contributed by atoms with Crippen LogP contribution in [0.1, 0.15) is 41.4 Å². The largest absolute Gasteiger partial charge is 0.507 e. The van der Waals surface area contributed by atoms with E-state index < -0.39 is 29.5 Å². The van der Waals surface area contributed by atoms with Gasteiger partial charge in [0.05, 0.1) is 35.4 Å². The van der Waals surface area contributed by atoms with Gasteiger partial charge < -0.3 is 14.6 Å². The van der Waals surface area contributed by atoms with Gasteiger partial charge in [0.1, 0.15) is 11.5 Å². The second kappa shape index (κ2) is 10.2. The molecule has 36 heavy (non-hydrogen) atoms. The van der Waals surface area contributed by atoms with Crippen LogP contribution in [-0.2, 0) is 14.3 Å². The highest BCUT2D eigenvalue weighted by atomic mass is 35.5. The maximum Gasteiger partial charge on any atom is 0.338 e. The van der Waals surface area contributed by atoms with Crippen molar-refractivity contribution >= 4 is 40.7 Å². The Morgan fingerprint density at radius 2 is 1.72 bits per heavy atom. The van der Waals surface area contributed by atoms with Gasteiger partial charge in [0.25, 0.3) is 11.7 Å². The van der Waals surface area contributed by atoms with Crippen LogP contribution in [0.15, 0.2) is 72.6 Å². The van der Waals surface area contributed by atoms with E-state index in [0.29, 0.717) is 22.6 Å². The molecule has 3 aromatic rings. The number of ketones is 1. The molecule has 1 aliphatic heterocycles. The van der Waals surface area contributed by atoms with Crippen molar-refractivity contribution in [3.8, 4) is 5.75 Å². The van der Waals surface area contributed by atoms with E-state index in [2.05, 4.69) is 4.98 Å². The number of halogens is 1. The molecule has 0 radical (unpaired) electrons. The number of benzene rings is 2. The summed E-state index contributed by atoms with van der Waals surface area (Å²) in [5.41, 5.74) is 1.22. The van der Waals surface area contributed by atoms with E-state index >= 15 is 0 Å². The zero-order valence-electron chi connectivity index (χ0n) is 19.8. The maximum atomic E-state index is 13.3. The molecule has 1 amide bonds. The van der Waals surface area contributed by atoms with Gasteiger partial charge in [0.15, 0.2) is 0 Å². The summed E-state index contributed by atoms with van der Waals surface area (Å²) >= 11 is 6.33. The molecule has 1 atom stereocenters. The first-order valence-corrected chi connectivity index (χ1v) is 11.5. The van der Waals surface area contributed by atoms with Crippen molar-refractivity contribution in [3.63, 3.8) is 0 Å². The number of carbonyl (C=O) groups is 3. The van der Waals surface area contributed by atoms with Crippen LogP contribution >= 0.6 is 11.6 Å². The number of aliphatic hydroxyl groups is 1. The number of pyridine rings is 1. The molecule has 1 saturated heterocycles. The normalized spacial score (nSPS) is 16.9. The Kier molecular flexibility index (Phi) is 7.07. The molecule has 1 N–H and O–H groups in total. The van der Waals surface area contributed by atoms with Crippen LogP contribution in [0.2, 0.25) is 5.02 Å². The standard InChI is InChI=1S/C27H23ClN2O6/c1-15(2)36-27(34)17-4-6-18(7-5-17)30-23(16-10-12-29-13-11-16)22(25(32)26(30)33)24(31)20-14-19(35-3)8-9-21(20)28/h4-15,23,31H,1-3H3/b24-22+. The van der Waals surface area contributed by atoms with E-state index in [1.54, 1.807) is 44.2 Å². The van der Waals surface area contributed by atoms with Gasteiger partial charge in [-0.15, -0.1) is 0 Å². The summed E-state index contributed by atoms with van der Waals surface area (Å²) in [5.74, 6) is -2.23. The van der Waals surface area contributed by atoms with Crippen molar-refractivity contribution in [1.29, 1.82) is 0 Å². The lowest BCUT2D eigenvalue weighted by Gasteiger charge is -2.25. The number of aromatic nitrogens is 1. The Hall–Kier alpha value is -4.17. The smallest absolute Gasteiger partial charge is 0.338 e. The molecule has 2 heterocycles. The van der Waals surface area contributed by atoms with Gasteiger partial charge in [0, 0.05) is 23.6 Å². The molecule has 2 aromatic carbocycles. The molecule has 8 nitrogen and oxygen atoms in total. The predicted octanol–water partition coefficient (Wildman–Crippen LogP) is 4.94. The third-order valence-corrected chi connectivity index (χ3v) is 5.95. The van der Waals surface area contributed by atoms with Crippen molar-refractivity contribution in [2.75, 3.05) is 12.0 Å². The number of Topliss-reactive ketones (excluding diaryl/α,β-unsaturated/α-hetero) is 1. The summed E-state index contributed by atoms with van der Waals surface area (Å²) < 4.78 is 10.4. The van der Waals surface area contributed by atoms with E-state index in [0.717, 1.165) is 0 Å². The number of carbonyl (C=O) groups excluding carboxylic acids is 3.